The Bertz CT molecular complexity index is 820. The third kappa shape index (κ3) is 5.78. The third-order valence-electron chi connectivity index (χ3n) is 6.95. The van der Waals surface area contributed by atoms with Gasteiger partial charge in [0.2, 0.25) is 5.91 Å². The molecule has 1 saturated carbocycles. The molecule has 1 N–H and O–H groups in total. The van der Waals surface area contributed by atoms with Crippen LogP contribution in [0.15, 0.2) is 18.2 Å². The molecule has 0 radical (unpaired) electrons. The van der Waals surface area contributed by atoms with Crippen molar-refractivity contribution < 1.29 is 27.1 Å². The van der Waals surface area contributed by atoms with Gasteiger partial charge >= 0.3 is 6.18 Å². The second-order valence-corrected chi connectivity index (χ2v) is 15.1. The largest absolute Gasteiger partial charge is 0.491 e. The lowest BCUT2D eigenvalue weighted by atomic mass is 9.92. The summed E-state index contributed by atoms with van der Waals surface area (Å²) in [4.78, 5) is 14.6. The zero-order valence-electron chi connectivity index (χ0n) is 19.6. The predicted molar refractivity (Wildman–Crippen MR) is 121 cm³/mol. The van der Waals surface area contributed by atoms with Gasteiger partial charge in [-0.05, 0) is 55.9 Å². The second-order valence-electron chi connectivity index (χ2n) is 10.3. The van der Waals surface area contributed by atoms with E-state index in [2.05, 4.69) is 39.2 Å². The molecule has 2 fully saturated rings. The molecule has 180 valence electrons. The number of nitrogens with one attached hydrogen (secondary N) is 1. The molecule has 1 amide bonds. The summed E-state index contributed by atoms with van der Waals surface area (Å²) in [5.41, 5.74) is -0.557. The molecule has 2 aliphatic rings. The van der Waals surface area contributed by atoms with Gasteiger partial charge in [-0.2, -0.15) is 13.2 Å². The van der Waals surface area contributed by atoms with Gasteiger partial charge in [-0.25, -0.2) is 0 Å². The molecule has 1 aromatic rings. The number of anilines is 1. The van der Waals surface area contributed by atoms with E-state index in [4.69, 9.17) is 9.16 Å². The molecule has 0 spiro atoms. The highest BCUT2D eigenvalue weighted by Crippen LogP contribution is 2.37. The van der Waals surface area contributed by atoms with Crippen molar-refractivity contribution in [3.8, 4) is 5.75 Å². The third-order valence-corrected chi connectivity index (χ3v) is 11.5. The molecule has 0 bridgehead atoms. The summed E-state index contributed by atoms with van der Waals surface area (Å²) in [6, 6.07) is 3.35. The van der Waals surface area contributed by atoms with Crippen LogP contribution < -0.4 is 10.1 Å². The molecule has 1 aliphatic heterocycles. The Morgan fingerprint density at radius 1 is 1.09 bits per heavy atom. The molecule has 1 unspecified atom stereocenters. The molecule has 1 aliphatic carbocycles. The summed E-state index contributed by atoms with van der Waals surface area (Å²) < 4.78 is 52.0. The Labute approximate surface area is 189 Å². The van der Waals surface area contributed by atoms with Gasteiger partial charge in [0.25, 0.3) is 0 Å². The molecule has 5 nitrogen and oxygen atoms in total. The monoisotopic (exact) mass is 472 g/mol. The van der Waals surface area contributed by atoms with Gasteiger partial charge < -0.3 is 19.4 Å². The normalized spacial score (nSPS) is 20.4. The van der Waals surface area contributed by atoms with Crippen molar-refractivity contribution in [1.82, 2.24) is 4.90 Å². The molecular weight excluding hydrogens is 437 g/mol. The second kappa shape index (κ2) is 9.25. The standard InChI is InChI=1S/C23H35F3N2O3Si/c1-22(2,3)32(4,5)31-12-11-30-19-14-16(23(24,25)26)13-17(15-19)27-20-9-10-28(21(20)29)18-7-6-8-18/h13-15,18,20,27H,6-12H2,1-5H3. The van der Waals surface area contributed by atoms with Gasteiger partial charge in [0.1, 0.15) is 18.4 Å². The fourth-order valence-electron chi connectivity index (χ4n) is 3.70. The number of carbonyl (C=O) groups excluding carboxylic acids is 1. The minimum absolute atomic E-state index is 0.0302. The number of carbonyl (C=O) groups is 1. The van der Waals surface area contributed by atoms with E-state index in [1.54, 1.807) is 0 Å². The lowest BCUT2D eigenvalue weighted by Crippen LogP contribution is -2.43. The first kappa shape index (κ1) is 24.9. The van der Waals surface area contributed by atoms with Crippen LogP contribution in [0.4, 0.5) is 18.9 Å². The van der Waals surface area contributed by atoms with E-state index in [1.807, 2.05) is 4.90 Å². The smallest absolute Gasteiger partial charge is 0.416 e. The molecule has 1 aromatic carbocycles. The summed E-state index contributed by atoms with van der Waals surface area (Å²) >= 11 is 0. The fourth-order valence-corrected chi connectivity index (χ4v) is 4.73. The highest BCUT2D eigenvalue weighted by Gasteiger charge is 2.39. The number of likely N-dealkylation sites (tertiary alicyclic amines) is 1. The average Bonchev–Trinajstić information content (AvgIpc) is 2.96. The summed E-state index contributed by atoms with van der Waals surface area (Å²) in [7, 11) is -1.96. The van der Waals surface area contributed by atoms with Gasteiger partial charge in [-0.15, -0.1) is 0 Å². The number of rotatable bonds is 8. The topological polar surface area (TPSA) is 50.8 Å². The number of halogens is 3. The van der Waals surface area contributed by atoms with Gasteiger partial charge in [-0.3, -0.25) is 4.79 Å². The first-order valence-electron chi connectivity index (χ1n) is 11.3. The van der Waals surface area contributed by atoms with Crippen LogP contribution in [0.5, 0.6) is 5.75 Å². The maximum absolute atomic E-state index is 13.5. The quantitative estimate of drug-likeness (QED) is 0.391. The van der Waals surface area contributed by atoms with Crippen molar-refractivity contribution in [1.29, 1.82) is 0 Å². The first-order valence-corrected chi connectivity index (χ1v) is 14.2. The molecule has 3 rings (SSSR count). The lowest BCUT2D eigenvalue weighted by molar-refractivity contribution is -0.137. The van der Waals surface area contributed by atoms with E-state index in [0.717, 1.165) is 31.4 Å². The Kier molecular flexibility index (Phi) is 7.19. The van der Waals surface area contributed by atoms with Crippen molar-refractivity contribution in [3.63, 3.8) is 0 Å². The van der Waals surface area contributed by atoms with Crippen molar-refractivity contribution in [3.05, 3.63) is 23.8 Å². The first-order chi connectivity index (χ1) is 14.8. The van der Waals surface area contributed by atoms with E-state index < -0.39 is 26.1 Å². The zero-order chi connectivity index (χ0) is 23.7. The number of benzene rings is 1. The SMILES string of the molecule is CC(C)(C)[Si](C)(C)OCCOc1cc(NC2CCN(C3CCC3)C2=O)cc(C(F)(F)F)c1. The van der Waals surface area contributed by atoms with Gasteiger partial charge in [-0.1, -0.05) is 20.8 Å². The Balaban J connectivity index is 1.65. The van der Waals surface area contributed by atoms with Crippen LogP contribution in [-0.4, -0.2) is 51.0 Å². The Morgan fingerprint density at radius 3 is 2.34 bits per heavy atom. The average molecular weight is 473 g/mol. The van der Waals surface area contributed by atoms with Crippen LogP contribution in [0.2, 0.25) is 18.1 Å². The molecular formula is C23H35F3N2O3Si. The van der Waals surface area contributed by atoms with Gasteiger partial charge in [0.05, 0.1) is 12.2 Å². The summed E-state index contributed by atoms with van der Waals surface area (Å²) in [5, 5.41) is 3.06. The molecule has 0 aromatic heterocycles. The van der Waals surface area contributed by atoms with Gasteiger partial charge in [0.15, 0.2) is 8.32 Å². The van der Waals surface area contributed by atoms with Crippen LogP contribution in [0.1, 0.15) is 52.0 Å². The van der Waals surface area contributed by atoms with E-state index in [-0.39, 0.29) is 35.0 Å². The molecule has 1 atom stereocenters. The fraction of sp³-hybridized carbons (Fsp3) is 0.696. The minimum atomic E-state index is -4.51. The van der Waals surface area contributed by atoms with E-state index in [9.17, 15) is 18.0 Å². The predicted octanol–water partition coefficient (Wildman–Crippen LogP) is 5.67. The highest BCUT2D eigenvalue weighted by atomic mass is 28.4. The van der Waals surface area contributed by atoms with Crippen LogP contribution >= 0.6 is 0 Å². The van der Waals surface area contributed by atoms with Crippen molar-refractivity contribution in [2.45, 2.75) is 82.8 Å². The van der Waals surface area contributed by atoms with Crippen LogP contribution in [0, 0.1) is 0 Å². The van der Waals surface area contributed by atoms with Crippen LogP contribution in [0.3, 0.4) is 0 Å². The number of hydrogen-bond acceptors (Lipinski definition) is 4. The van der Waals surface area contributed by atoms with E-state index in [1.165, 1.54) is 6.07 Å². The minimum Gasteiger partial charge on any atom is -0.491 e. The van der Waals surface area contributed by atoms with Gasteiger partial charge in [0, 0.05) is 24.3 Å². The van der Waals surface area contributed by atoms with E-state index in [0.29, 0.717) is 19.6 Å². The van der Waals surface area contributed by atoms with Crippen molar-refractivity contribution in [2.24, 2.45) is 0 Å². The Hall–Kier alpha value is -1.74. The molecule has 9 heteroatoms. The number of alkyl halides is 3. The molecule has 1 saturated heterocycles. The van der Waals surface area contributed by atoms with Crippen molar-refractivity contribution in [2.75, 3.05) is 25.1 Å². The van der Waals surface area contributed by atoms with E-state index >= 15 is 0 Å². The highest BCUT2D eigenvalue weighted by molar-refractivity contribution is 6.74. The number of hydrogen-bond donors (Lipinski definition) is 1. The lowest BCUT2D eigenvalue weighted by Gasteiger charge is -2.36. The zero-order valence-corrected chi connectivity index (χ0v) is 20.6. The maximum atomic E-state index is 13.5. The number of amides is 1. The Morgan fingerprint density at radius 2 is 1.78 bits per heavy atom. The molecule has 32 heavy (non-hydrogen) atoms. The van der Waals surface area contributed by atoms with Crippen LogP contribution in [-0.2, 0) is 15.4 Å². The maximum Gasteiger partial charge on any atom is 0.416 e. The summed E-state index contributed by atoms with van der Waals surface area (Å²) in [5.74, 6) is 0.0831. The number of nitrogens with zero attached hydrogens (tertiary/aromatic N) is 1. The number of ether oxygens (including phenoxy) is 1. The summed E-state index contributed by atoms with van der Waals surface area (Å²) in [6.45, 7) is 11.7. The summed E-state index contributed by atoms with van der Waals surface area (Å²) in [6.07, 6.45) is -0.777. The molecule has 1 heterocycles. The van der Waals surface area contributed by atoms with Crippen LogP contribution in [0.25, 0.3) is 0 Å². The van der Waals surface area contributed by atoms with Crippen molar-refractivity contribution >= 4 is 19.9 Å².